The van der Waals surface area contributed by atoms with Crippen LogP contribution in [0, 0.1) is 5.41 Å². The van der Waals surface area contributed by atoms with E-state index in [1.807, 2.05) is 55.4 Å². The molecular weight excluding hydrogens is 669 g/mol. The number of rotatable bonds is 25. The van der Waals surface area contributed by atoms with Crippen molar-refractivity contribution in [1.29, 1.82) is 0 Å². The van der Waals surface area contributed by atoms with Gasteiger partial charge in [0.1, 0.15) is 5.75 Å². The molecule has 296 valence electrons. The van der Waals surface area contributed by atoms with Crippen molar-refractivity contribution in [2.24, 2.45) is 5.41 Å². The second-order valence-electron chi connectivity index (χ2n) is 15.2. The highest BCUT2D eigenvalue weighted by molar-refractivity contribution is 7.91. The molecule has 0 fully saturated rings. The molecule has 0 amide bonds. The van der Waals surface area contributed by atoms with Crippen LogP contribution in [0.25, 0.3) is 0 Å². The van der Waals surface area contributed by atoms with Crippen LogP contribution in [-0.4, -0.2) is 120 Å². The molecule has 0 saturated carbocycles. The fourth-order valence-electron chi connectivity index (χ4n) is 7.95. The fourth-order valence-corrected chi connectivity index (χ4v) is 10.1. The van der Waals surface area contributed by atoms with Gasteiger partial charge in [0.2, 0.25) is 0 Å². The minimum atomic E-state index is -3.63. The zero-order valence-corrected chi connectivity index (χ0v) is 35.0. The molecule has 0 aromatic heterocycles. The van der Waals surface area contributed by atoms with Crippen LogP contribution in [0.4, 0.5) is 5.69 Å². The van der Waals surface area contributed by atoms with Gasteiger partial charge in [0, 0.05) is 57.3 Å². The Morgan fingerprint density at radius 2 is 1.27 bits per heavy atom. The molecule has 2 atom stereocenters. The molecule has 2 aromatic carbocycles. The molecule has 1 N–H and O–H groups in total. The molecule has 0 bridgehead atoms. The summed E-state index contributed by atoms with van der Waals surface area (Å²) in [6.07, 6.45) is 7.53. The van der Waals surface area contributed by atoms with Crippen molar-refractivity contribution in [1.82, 2.24) is 14.7 Å². The number of hydrogen-bond donors (Lipinski definition) is 1. The molecule has 0 aliphatic carbocycles. The minimum Gasteiger partial charge on any atom is -0.494 e. The third kappa shape index (κ3) is 12.4. The van der Waals surface area contributed by atoms with Gasteiger partial charge in [-0.25, -0.2) is 8.42 Å². The van der Waals surface area contributed by atoms with Gasteiger partial charge in [-0.1, -0.05) is 79.4 Å². The van der Waals surface area contributed by atoms with Crippen molar-refractivity contribution in [2.75, 3.05) is 90.3 Å². The van der Waals surface area contributed by atoms with Crippen LogP contribution in [0.3, 0.4) is 0 Å². The number of benzene rings is 2. The van der Waals surface area contributed by atoms with E-state index in [4.69, 9.17) is 4.74 Å². The Bertz CT molecular complexity index is 1370. The van der Waals surface area contributed by atoms with Crippen LogP contribution < -0.4 is 9.64 Å². The van der Waals surface area contributed by atoms with E-state index in [-0.39, 0.29) is 5.75 Å². The molecule has 8 nitrogen and oxygen atoms in total. The molecule has 1 aliphatic rings. The van der Waals surface area contributed by atoms with Crippen molar-refractivity contribution < 1.29 is 18.3 Å². The Hall–Kier alpha value is -2.17. The minimum absolute atomic E-state index is 0.0171. The van der Waals surface area contributed by atoms with E-state index in [1.54, 1.807) is 6.07 Å². The molecule has 2 aromatic rings. The first kappa shape index (κ1) is 44.2. The quantitative estimate of drug-likeness (QED) is 0.103. The number of sulfone groups is 1. The summed E-state index contributed by atoms with van der Waals surface area (Å²) in [4.78, 5) is 10.0. The highest BCUT2D eigenvalue weighted by Gasteiger charge is 2.49. The van der Waals surface area contributed by atoms with Gasteiger partial charge in [-0.05, 0) is 106 Å². The molecule has 0 spiro atoms. The van der Waals surface area contributed by atoms with Gasteiger partial charge in [0.15, 0.2) is 9.84 Å². The number of aliphatic hydroxyl groups is 1. The standard InChI is InChI=1S/C43H74N4O4S/c1-9-15-26-43(27-16-10-2)35-52(49,50)40-25-22-37(44(7)8)34-39(40)41(42(43)48)36-20-23-38(24-21-36)51-33-19-17-18-28-47(31-29-45(11-3)12-4)32-30-46(13-5)14-6/h20-25,34,41-42,48H,9-19,26-33,35H2,1-8H3/t41-,42?/m1/s1. The number of ether oxygens (including phenoxy) is 1. The number of unbranched alkanes of at least 4 members (excludes halogenated alkanes) is 4. The fraction of sp³-hybridized carbons (Fsp3) is 0.721. The van der Waals surface area contributed by atoms with Gasteiger partial charge < -0.3 is 29.4 Å². The maximum Gasteiger partial charge on any atom is 0.179 e. The molecule has 52 heavy (non-hydrogen) atoms. The highest BCUT2D eigenvalue weighted by Crippen LogP contribution is 2.50. The summed E-state index contributed by atoms with van der Waals surface area (Å²) in [5.74, 6) is 0.336. The molecule has 3 rings (SSSR count). The lowest BCUT2D eigenvalue weighted by atomic mass is 9.68. The van der Waals surface area contributed by atoms with Crippen LogP contribution in [0.1, 0.15) is 116 Å². The van der Waals surface area contributed by atoms with Crippen LogP contribution in [0.15, 0.2) is 47.4 Å². The van der Waals surface area contributed by atoms with Crippen molar-refractivity contribution in [3.63, 3.8) is 0 Å². The monoisotopic (exact) mass is 743 g/mol. The maximum atomic E-state index is 14.1. The smallest absolute Gasteiger partial charge is 0.179 e. The second-order valence-corrected chi connectivity index (χ2v) is 17.2. The Labute approximate surface area is 318 Å². The van der Waals surface area contributed by atoms with Crippen LogP contribution in [0.5, 0.6) is 5.75 Å². The SMILES string of the molecule is CCCCC1(CCCC)CS(=O)(=O)c2ccc(N(C)C)cc2[C@@H](c2ccc(OCCCCCN(CCN(CC)CC)CCN(CC)CC)cc2)C1O. The van der Waals surface area contributed by atoms with Crippen molar-refractivity contribution in [2.45, 2.75) is 116 Å². The normalized spacial score (nSPS) is 18.2. The number of nitrogens with zero attached hydrogens (tertiary/aromatic N) is 4. The van der Waals surface area contributed by atoms with Gasteiger partial charge >= 0.3 is 0 Å². The van der Waals surface area contributed by atoms with Crippen molar-refractivity contribution in [3.05, 3.63) is 53.6 Å². The Balaban J connectivity index is 1.73. The Kier molecular flexibility index (Phi) is 18.9. The van der Waals surface area contributed by atoms with Gasteiger partial charge in [-0.15, -0.1) is 0 Å². The van der Waals surface area contributed by atoms with E-state index in [0.717, 1.165) is 121 Å². The molecule has 1 aliphatic heterocycles. The molecule has 1 heterocycles. The summed E-state index contributed by atoms with van der Waals surface area (Å²) >= 11 is 0. The third-order valence-corrected chi connectivity index (χ3v) is 13.5. The van der Waals surface area contributed by atoms with Gasteiger partial charge in [0.25, 0.3) is 0 Å². The summed E-state index contributed by atoms with van der Waals surface area (Å²) in [5.41, 5.74) is 1.84. The maximum absolute atomic E-state index is 14.1. The van der Waals surface area contributed by atoms with E-state index in [9.17, 15) is 13.5 Å². The van der Waals surface area contributed by atoms with E-state index in [1.165, 1.54) is 0 Å². The summed E-state index contributed by atoms with van der Waals surface area (Å²) < 4.78 is 34.5. The predicted molar refractivity (Wildman–Crippen MR) is 220 cm³/mol. The first-order chi connectivity index (χ1) is 25.0. The zero-order valence-electron chi connectivity index (χ0n) is 34.2. The van der Waals surface area contributed by atoms with E-state index in [2.05, 4.69) is 56.2 Å². The van der Waals surface area contributed by atoms with Crippen LogP contribution in [0.2, 0.25) is 0 Å². The zero-order chi connectivity index (χ0) is 38.1. The Morgan fingerprint density at radius 3 is 1.79 bits per heavy atom. The molecule has 9 heteroatoms. The number of anilines is 1. The summed E-state index contributed by atoms with van der Waals surface area (Å²) in [7, 11) is 0.306. The van der Waals surface area contributed by atoms with Gasteiger partial charge in [-0.2, -0.15) is 0 Å². The number of aliphatic hydroxyl groups excluding tert-OH is 1. The lowest BCUT2D eigenvalue weighted by Gasteiger charge is -2.40. The number of hydrogen-bond acceptors (Lipinski definition) is 8. The van der Waals surface area contributed by atoms with Gasteiger partial charge in [-0.3, -0.25) is 0 Å². The van der Waals surface area contributed by atoms with Gasteiger partial charge in [0.05, 0.1) is 23.4 Å². The highest BCUT2D eigenvalue weighted by atomic mass is 32.2. The average molecular weight is 743 g/mol. The lowest BCUT2D eigenvalue weighted by Crippen LogP contribution is -2.43. The molecular formula is C43H74N4O4S. The van der Waals surface area contributed by atoms with Crippen LogP contribution >= 0.6 is 0 Å². The summed E-state index contributed by atoms with van der Waals surface area (Å²) in [5, 5.41) is 12.5. The number of likely N-dealkylation sites (N-methyl/N-ethyl adjacent to an activating group) is 2. The lowest BCUT2D eigenvalue weighted by molar-refractivity contribution is 0.0127. The molecule has 0 radical (unpaired) electrons. The second kappa shape index (κ2) is 22.3. The van der Waals surface area contributed by atoms with Crippen LogP contribution in [-0.2, 0) is 9.84 Å². The van der Waals surface area contributed by atoms with Crippen molar-refractivity contribution >= 4 is 15.5 Å². The van der Waals surface area contributed by atoms with E-state index < -0.39 is 27.3 Å². The van der Waals surface area contributed by atoms with E-state index in [0.29, 0.717) is 29.9 Å². The summed E-state index contributed by atoms with van der Waals surface area (Å²) in [6, 6.07) is 13.7. The largest absolute Gasteiger partial charge is 0.494 e. The first-order valence-electron chi connectivity index (χ1n) is 20.6. The molecule has 0 saturated heterocycles. The average Bonchev–Trinajstić information content (AvgIpc) is 3.21. The summed E-state index contributed by atoms with van der Waals surface area (Å²) in [6.45, 7) is 23.9. The third-order valence-electron chi connectivity index (χ3n) is 11.5. The predicted octanol–water partition coefficient (Wildman–Crippen LogP) is 7.93. The molecule has 1 unspecified atom stereocenters. The topological polar surface area (TPSA) is 76.6 Å². The van der Waals surface area contributed by atoms with E-state index >= 15 is 0 Å². The Morgan fingerprint density at radius 1 is 0.712 bits per heavy atom. The number of fused-ring (bicyclic) bond motifs is 1. The van der Waals surface area contributed by atoms with Crippen molar-refractivity contribution in [3.8, 4) is 5.75 Å². The first-order valence-corrected chi connectivity index (χ1v) is 22.3.